The monoisotopic (exact) mass is 260 g/mol. The van der Waals surface area contributed by atoms with Crippen LogP contribution in [-0.2, 0) is 11.2 Å². The fourth-order valence-corrected chi connectivity index (χ4v) is 2.55. The number of hydrogen-bond acceptors (Lipinski definition) is 2. The van der Waals surface area contributed by atoms with Crippen molar-refractivity contribution in [2.75, 3.05) is 18.9 Å². The highest BCUT2D eigenvalue weighted by molar-refractivity contribution is 5.81. The van der Waals surface area contributed by atoms with E-state index in [9.17, 15) is 4.79 Å². The van der Waals surface area contributed by atoms with Crippen molar-refractivity contribution < 1.29 is 4.79 Å². The number of rotatable bonds is 3. The van der Waals surface area contributed by atoms with Gasteiger partial charge in [-0.15, -0.1) is 0 Å². The maximum atomic E-state index is 12.5. The van der Waals surface area contributed by atoms with E-state index in [0.29, 0.717) is 5.92 Å². The summed E-state index contributed by atoms with van der Waals surface area (Å²) in [5.74, 6) is 0.794. The molecule has 0 bridgehead atoms. The predicted molar refractivity (Wildman–Crippen MR) is 79.2 cm³/mol. The highest BCUT2D eigenvalue weighted by Gasteiger charge is 2.29. The molecular formula is C16H24N2O. The van der Waals surface area contributed by atoms with Crippen molar-refractivity contribution in [1.82, 2.24) is 4.90 Å². The highest BCUT2D eigenvalue weighted by Crippen LogP contribution is 2.25. The van der Waals surface area contributed by atoms with E-state index in [0.717, 1.165) is 13.0 Å². The molecule has 1 amide bonds. The van der Waals surface area contributed by atoms with E-state index in [4.69, 9.17) is 0 Å². The maximum Gasteiger partial charge on any atom is 0.227 e. The Morgan fingerprint density at radius 2 is 2.00 bits per heavy atom. The van der Waals surface area contributed by atoms with Gasteiger partial charge in [0.1, 0.15) is 0 Å². The first-order chi connectivity index (χ1) is 9.00. The van der Waals surface area contributed by atoms with Gasteiger partial charge in [0, 0.05) is 25.3 Å². The Bertz CT molecular complexity index is 456. The first-order valence-corrected chi connectivity index (χ1v) is 7.09. The summed E-state index contributed by atoms with van der Waals surface area (Å²) in [4.78, 5) is 14.4. The quantitative estimate of drug-likeness (QED) is 0.906. The highest BCUT2D eigenvalue weighted by atomic mass is 16.2. The van der Waals surface area contributed by atoms with E-state index in [1.165, 1.54) is 11.3 Å². The largest absolute Gasteiger partial charge is 0.384 e. The van der Waals surface area contributed by atoms with Crippen molar-refractivity contribution in [3.05, 3.63) is 29.8 Å². The molecule has 0 aromatic heterocycles. The average Bonchev–Trinajstić information content (AvgIpc) is 2.44. The molecule has 0 fully saturated rings. The van der Waals surface area contributed by atoms with Gasteiger partial charge in [0.25, 0.3) is 0 Å². The second kappa shape index (κ2) is 5.64. The summed E-state index contributed by atoms with van der Waals surface area (Å²) in [7, 11) is 1.92. The predicted octanol–water partition coefficient (Wildman–Crippen LogP) is 2.77. The standard InChI is InChI=1S/C16H24N2O/c1-11(2)12(3)18(4)16(19)14-9-13-7-5-6-8-15(13)17-10-14/h5-8,11-12,14,17H,9-10H2,1-4H3. The molecule has 0 saturated carbocycles. The molecule has 19 heavy (non-hydrogen) atoms. The van der Waals surface area contributed by atoms with Crippen molar-refractivity contribution in [3.8, 4) is 0 Å². The van der Waals surface area contributed by atoms with Crippen LogP contribution < -0.4 is 5.32 Å². The molecule has 2 unspecified atom stereocenters. The summed E-state index contributed by atoms with van der Waals surface area (Å²) in [6.45, 7) is 7.17. The van der Waals surface area contributed by atoms with Crippen molar-refractivity contribution >= 4 is 11.6 Å². The Balaban J connectivity index is 2.06. The van der Waals surface area contributed by atoms with Gasteiger partial charge in [0.15, 0.2) is 0 Å². The molecule has 2 atom stereocenters. The number of nitrogens with zero attached hydrogens (tertiary/aromatic N) is 1. The number of hydrogen-bond donors (Lipinski definition) is 1. The number of benzene rings is 1. The minimum absolute atomic E-state index is 0.0566. The molecule has 3 heteroatoms. The van der Waals surface area contributed by atoms with Crippen LogP contribution in [0.5, 0.6) is 0 Å². The number of anilines is 1. The summed E-state index contributed by atoms with van der Waals surface area (Å²) in [5, 5.41) is 3.37. The Labute approximate surface area is 116 Å². The number of fused-ring (bicyclic) bond motifs is 1. The van der Waals surface area contributed by atoms with Crippen LogP contribution in [0.1, 0.15) is 26.3 Å². The third-order valence-electron chi connectivity index (χ3n) is 4.30. The van der Waals surface area contributed by atoms with E-state index in [1.807, 2.05) is 24.1 Å². The first kappa shape index (κ1) is 13.9. The summed E-state index contributed by atoms with van der Waals surface area (Å²) in [6.07, 6.45) is 0.844. The summed E-state index contributed by atoms with van der Waals surface area (Å²) in [5.41, 5.74) is 2.42. The van der Waals surface area contributed by atoms with E-state index < -0.39 is 0 Å². The lowest BCUT2D eigenvalue weighted by molar-refractivity contribution is -0.136. The van der Waals surface area contributed by atoms with Crippen LogP contribution in [0.4, 0.5) is 5.69 Å². The fraction of sp³-hybridized carbons (Fsp3) is 0.562. The van der Waals surface area contributed by atoms with Crippen LogP contribution in [-0.4, -0.2) is 30.4 Å². The summed E-state index contributed by atoms with van der Waals surface area (Å²) in [6, 6.07) is 8.53. The molecule has 1 heterocycles. The zero-order valence-corrected chi connectivity index (χ0v) is 12.3. The van der Waals surface area contributed by atoms with Crippen LogP contribution in [0.25, 0.3) is 0 Å². The molecule has 0 aliphatic carbocycles. The lowest BCUT2D eigenvalue weighted by Crippen LogP contribution is -2.45. The second-order valence-electron chi connectivity index (χ2n) is 5.87. The van der Waals surface area contributed by atoms with E-state index in [2.05, 4.69) is 38.2 Å². The van der Waals surface area contributed by atoms with Gasteiger partial charge < -0.3 is 10.2 Å². The van der Waals surface area contributed by atoms with Crippen molar-refractivity contribution in [1.29, 1.82) is 0 Å². The van der Waals surface area contributed by atoms with Crippen molar-refractivity contribution in [2.45, 2.75) is 33.2 Å². The fourth-order valence-electron chi connectivity index (χ4n) is 2.55. The smallest absolute Gasteiger partial charge is 0.227 e. The molecule has 0 spiro atoms. The van der Waals surface area contributed by atoms with Gasteiger partial charge in [-0.1, -0.05) is 32.0 Å². The number of carbonyl (C=O) groups is 1. The van der Waals surface area contributed by atoms with Gasteiger partial charge in [-0.25, -0.2) is 0 Å². The molecule has 104 valence electrons. The van der Waals surface area contributed by atoms with E-state index >= 15 is 0 Å². The van der Waals surface area contributed by atoms with Gasteiger partial charge >= 0.3 is 0 Å². The molecule has 1 aromatic carbocycles. The molecule has 1 aromatic rings. The average molecular weight is 260 g/mol. The topological polar surface area (TPSA) is 32.3 Å². The van der Waals surface area contributed by atoms with Crippen LogP contribution in [0.2, 0.25) is 0 Å². The number of amides is 1. The van der Waals surface area contributed by atoms with Crippen LogP contribution in [0.3, 0.4) is 0 Å². The number of nitrogens with one attached hydrogen (secondary N) is 1. The van der Waals surface area contributed by atoms with Crippen molar-refractivity contribution in [3.63, 3.8) is 0 Å². The van der Waals surface area contributed by atoms with E-state index in [-0.39, 0.29) is 17.9 Å². The van der Waals surface area contributed by atoms with E-state index in [1.54, 1.807) is 0 Å². The third-order valence-corrected chi connectivity index (χ3v) is 4.30. The van der Waals surface area contributed by atoms with Gasteiger partial charge in [-0.3, -0.25) is 4.79 Å². The van der Waals surface area contributed by atoms with Crippen molar-refractivity contribution in [2.24, 2.45) is 11.8 Å². The Hall–Kier alpha value is -1.51. The Morgan fingerprint density at radius 1 is 1.32 bits per heavy atom. The molecule has 0 radical (unpaired) electrons. The van der Waals surface area contributed by atoms with Crippen LogP contribution in [0, 0.1) is 11.8 Å². The maximum absolute atomic E-state index is 12.5. The number of para-hydroxylation sites is 1. The molecular weight excluding hydrogens is 236 g/mol. The third kappa shape index (κ3) is 2.91. The van der Waals surface area contributed by atoms with Crippen LogP contribution in [0.15, 0.2) is 24.3 Å². The summed E-state index contributed by atoms with van der Waals surface area (Å²) >= 11 is 0. The SMILES string of the molecule is CC(C)C(C)N(C)C(=O)C1CNc2ccccc2C1. The zero-order chi connectivity index (χ0) is 14.0. The Morgan fingerprint density at radius 3 is 2.68 bits per heavy atom. The Kier molecular flexibility index (Phi) is 4.13. The molecule has 1 N–H and O–H groups in total. The minimum atomic E-state index is 0.0566. The lowest BCUT2D eigenvalue weighted by Gasteiger charge is -2.33. The summed E-state index contributed by atoms with van der Waals surface area (Å²) < 4.78 is 0. The molecule has 2 rings (SSSR count). The first-order valence-electron chi connectivity index (χ1n) is 7.09. The van der Waals surface area contributed by atoms with Gasteiger partial charge in [-0.2, -0.15) is 0 Å². The molecule has 0 saturated heterocycles. The number of carbonyl (C=O) groups excluding carboxylic acids is 1. The molecule has 1 aliphatic rings. The lowest BCUT2D eigenvalue weighted by atomic mass is 9.92. The molecule has 1 aliphatic heterocycles. The van der Waals surface area contributed by atoms with Gasteiger partial charge in [0.2, 0.25) is 5.91 Å². The van der Waals surface area contributed by atoms with Gasteiger partial charge in [0.05, 0.1) is 5.92 Å². The van der Waals surface area contributed by atoms with Crippen LogP contribution >= 0.6 is 0 Å². The second-order valence-corrected chi connectivity index (χ2v) is 5.87. The normalized spacial score (nSPS) is 19.5. The van der Waals surface area contributed by atoms with Gasteiger partial charge in [-0.05, 0) is 30.9 Å². The minimum Gasteiger partial charge on any atom is -0.384 e. The molecule has 3 nitrogen and oxygen atoms in total. The zero-order valence-electron chi connectivity index (χ0n) is 12.3.